The number of amides is 2. The SMILES string of the molecule is CC(C)(C(=O)Nc1ccccc1)C(=O)Nc1ccc(Oc2ccccc2)cc1. The van der Waals surface area contributed by atoms with Gasteiger partial charge in [0.15, 0.2) is 0 Å². The van der Waals surface area contributed by atoms with Crippen molar-refractivity contribution >= 4 is 23.2 Å². The molecule has 0 saturated heterocycles. The Morgan fingerprint density at radius 1 is 0.643 bits per heavy atom. The maximum atomic E-state index is 12.6. The van der Waals surface area contributed by atoms with Crippen molar-refractivity contribution in [3.05, 3.63) is 84.9 Å². The first-order valence-electron chi connectivity index (χ1n) is 8.96. The average Bonchev–Trinajstić information content (AvgIpc) is 2.71. The Morgan fingerprint density at radius 2 is 1.07 bits per heavy atom. The second-order valence-corrected chi connectivity index (χ2v) is 6.84. The zero-order valence-electron chi connectivity index (χ0n) is 15.8. The van der Waals surface area contributed by atoms with Crippen LogP contribution in [-0.4, -0.2) is 11.8 Å². The maximum absolute atomic E-state index is 12.6. The molecule has 0 radical (unpaired) electrons. The van der Waals surface area contributed by atoms with E-state index in [9.17, 15) is 9.59 Å². The Bertz CT molecular complexity index is 937. The molecule has 0 aliphatic rings. The van der Waals surface area contributed by atoms with Gasteiger partial charge in [0.25, 0.3) is 0 Å². The number of ether oxygens (including phenoxy) is 1. The van der Waals surface area contributed by atoms with E-state index in [0.29, 0.717) is 17.1 Å². The molecule has 0 spiro atoms. The third kappa shape index (κ3) is 4.76. The molecule has 3 aromatic carbocycles. The molecule has 0 aliphatic carbocycles. The van der Waals surface area contributed by atoms with E-state index in [-0.39, 0.29) is 5.91 Å². The monoisotopic (exact) mass is 374 g/mol. The molecule has 2 N–H and O–H groups in total. The van der Waals surface area contributed by atoms with Crippen LogP contribution in [0.25, 0.3) is 0 Å². The fourth-order valence-corrected chi connectivity index (χ4v) is 2.43. The Hall–Kier alpha value is -3.60. The van der Waals surface area contributed by atoms with Crippen LogP contribution in [0.2, 0.25) is 0 Å². The molecule has 0 unspecified atom stereocenters. The van der Waals surface area contributed by atoms with Gasteiger partial charge in [0.2, 0.25) is 11.8 Å². The summed E-state index contributed by atoms with van der Waals surface area (Å²) < 4.78 is 5.73. The Morgan fingerprint density at radius 3 is 1.61 bits per heavy atom. The predicted molar refractivity (Wildman–Crippen MR) is 110 cm³/mol. The zero-order chi connectivity index (χ0) is 20.0. The Kier molecular flexibility index (Phi) is 5.75. The van der Waals surface area contributed by atoms with Gasteiger partial charge in [0.05, 0.1) is 0 Å². The highest BCUT2D eigenvalue weighted by Crippen LogP contribution is 2.25. The zero-order valence-corrected chi connectivity index (χ0v) is 15.8. The van der Waals surface area contributed by atoms with Crippen LogP contribution in [0, 0.1) is 5.41 Å². The average molecular weight is 374 g/mol. The van der Waals surface area contributed by atoms with Gasteiger partial charge in [-0.25, -0.2) is 0 Å². The minimum atomic E-state index is -1.24. The van der Waals surface area contributed by atoms with Crippen LogP contribution in [0.4, 0.5) is 11.4 Å². The molecule has 0 bridgehead atoms. The molecular weight excluding hydrogens is 352 g/mol. The standard InChI is InChI=1S/C23H22N2O3/c1-23(2,21(26)24-17-9-5-3-6-10-17)22(27)25-18-13-15-20(16-14-18)28-19-11-7-4-8-12-19/h3-16H,1-2H3,(H,24,26)(H,25,27). The number of anilines is 2. The molecule has 3 aromatic rings. The fourth-order valence-electron chi connectivity index (χ4n) is 2.43. The summed E-state index contributed by atoms with van der Waals surface area (Å²) in [6.45, 7) is 3.18. The number of para-hydroxylation sites is 2. The van der Waals surface area contributed by atoms with Crippen LogP contribution in [0.1, 0.15) is 13.8 Å². The van der Waals surface area contributed by atoms with E-state index >= 15 is 0 Å². The lowest BCUT2D eigenvalue weighted by atomic mass is 9.90. The number of hydrogen-bond acceptors (Lipinski definition) is 3. The van der Waals surface area contributed by atoms with Crippen molar-refractivity contribution in [2.24, 2.45) is 5.41 Å². The van der Waals surface area contributed by atoms with E-state index in [1.165, 1.54) is 0 Å². The molecule has 5 heteroatoms. The van der Waals surface area contributed by atoms with Gasteiger partial charge < -0.3 is 15.4 Å². The summed E-state index contributed by atoms with van der Waals surface area (Å²) in [5.74, 6) is 0.626. The molecule has 28 heavy (non-hydrogen) atoms. The maximum Gasteiger partial charge on any atom is 0.239 e. The van der Waals surface area contributed by atoms with Crippen LogP contribution in [0.15, 0.2) is 84.9 Å². The smallest absolute Gasteiger partial charge is 0.239 e. The topological polar surface area (TPSA) is 67.4 Å². The second kappa shape index (κ2) is 8.39. The van der Waals surface area contributed by atoms with E-state index in [1.54, 1.807) is 50.2 Å². The lowest BCUT2D eigenvalue weighted by molar-refractivity contribution is -0.135. The predicted octanol–water partition coefficient (Wildman–Crippen LogP) is 5.08. The van der Waals surface area contributed by atoms with Gasteiger partial charge in [0.1, 0.15) is 16.9 Å². The van der Waals surface area contributed by atoms with Crippen molar-refractivity contribution < 1.29 is 14.3 Å². The Balaban J connectivity index is 1.62. The fraction of sp³-hybridized carbons (Fsp3) is 0.130. The van der Waals surface area contributed by atoms with Crippen molar-refractivity contribution in [1.82, 2.24) is 0 Å². The minimum absolute atomic E-state index is 0.375. The quantitative estimate of drug-likeness (QED) is 0.591. The second-order valence-electron chi connectivity index (χ2n) is 6.84. The molecule has 0 aliphatic heterocycles. The minimum Gasteiger partial charge on any atom is -0.457 e. The molecule has 2 amide bonds. The van der Waals surface area contributed by atoms with Crippen molar-refractivity contribution in [3.63, 3.8) is 0 Å². The molecule has 0 heterocycles. The van der Waals surface area contributed by atoms with Crippen LogP contribution in [0.5, 0.6) is 11.5 Å². The van der Waals surface area contributed by atoms with E-state index in [4.69, 9.17) is 4.74 Å². The first kappa shape index (κ1) is 19.2. The summed E-state index contributed by atoms with van der Waals surface area (Å²) in [4.78, 5) is 25.2. The van der Waals surface area contributed by atoms with Gasteiger partial charge in [0, 0.05) is 11.4 Å². The van der Waals surface area contributed by atoms with Crippen LogP contribution < -0.4 is 15.4 Å². The number of nitrogens with one attached hydrogen (secondary N) is 2. The number of carbonyl (C=O) groups is 2. The molecule has 0 fully saturated rings. The van der Waals surface area contributed by atoms with Gasteiger partial charge in [-0.2, -0.15) is 0 Å². The molecule has 3 rings (SSSR count). The summed E-state index contributed by atoms with van der Waals surface area (Å²) in [6, 6.07) is 25.5. The lowest BCUT2D eigenvalue weighted by Gasteiger charge is -2.22. The highest BCUT2D eigenvalue weighted by atomic mass is 16.5. The van der Waals surface area contributed by atoms with Gasteiger partial charge in [-0.15, -0.1) is 0 Å². The first-order valence-corrected chi connectivity index (χ1v) is 8.96. The molecule has 0 atom stereocenters. The third-order valence-electron chi connectivity index (χ3n) is 4.26. The number of benzene rings is 3. The summed E-state index contributed by atoms with van der Waals surface area (Å²) >= 11 is 0. The number of carbonyl (C=O) groups excluding carboxylic acids is 2. The molecule has 142 valence electrons. The summed E-state index contributed by atoms with van der Waals surface area (Å²) in [7, 11) is 0. The van der Waals surface area contributed by atoms with Gasteiger partial charge in [-0.05, 0) is 62.4 Å². The van der Waals surface area contributed by atoms with Crippen molar-refractivity contribution in [2.45, 2.75) is 13.8 Å². The van der Waals surface area contributed by atoms with Crippen LogP contribution in [-0.2, 0) is 9.59 Å². The number of hydrogen-bond donors (Lipinski definition) is 2. The Labute approximate surface area is 164 Å². The van der Waals surface area contributed by atoms with Gasteiger partial charge in [-0.1, -0.05) is 36.4 Å². The summed E-state index contributed by atoms with van der Waals surface area (Å²) in [5, 5.41) is 5.55. The third-order valence-corrected chi connectivity index (χ3v) is 4.26. The van der Waals surface area contributed by atoms with Gasteiger partial charge in [-0.3, -0.25) is 9.59 Å². The van der Waals surface area contributed by atoms with Crippen LogP contribution in [0.3, 0.4) is 0 Å². The summed E-state index contributed by atoms with van der Waals surface area (Å²) in [5.41, 5.74) is -0.00326. The van der Waals surface area contributed by atoms with Crippen molar-refractivity contribution in [1.29, 1.82) is 0 Å². The molecule has 0 aromatic heterocycles. The van der Waals surface area contributed by atoms with E-state index in [0.717, 1.165) is 5.75 Å². The van der Waals surface area contributed by atoms with E-state index in [2.05, 4.69) is 10.6 Å². The normalized spacial score (nSPS) is 10.8. The van der Waals surface area contributed by atoms with Crippen molar-refractivity contribution in [3.8, 4) is 11.5 Å². The highest BCUT2D eigenvalue weighted by Gasteiger charge is 2.36. The van der Waals surface area contributed by atoms with Crippen molar-refractivity contribution in [2.75, 3.05) is 10.6 Å². The largest absolute Gasteiger partial charge is 0.457 e. The molecular formula is C23H22N2O3. The van der Waals surface area contributed by atoms with Crippen LogP contribution >= 0.6 is 0 Å². The number of rotatable bonds is 6. The molecule has 5 nitrogen and oxygen atoms in total. The lowest BCUT2D eigenvalue weighted by Crippen LogP contribution is -2.41. The summed E-state index contributed by atoms with van der Waals surface area (Å²) in [6.07, 6.45) is 0. The van der Waals surface area contributed by atoms with E-state index in [1.807, 2.05) is 48.5 Å². The van der Waals surface area contributed by atoms with E-state index < -0.39 is 11.3 Å². The highest BCUT2D eigenvalue weighted by molar-refractivity contribution is 6.13. The molecule has 0 saturated carbocycles. The van der Waals surface area contributed by atoms with Gasteiger partial charge >= 0.3 is 0 Å². The first-order chi connectivity index (χ1) is 13.4.